The van der Waals surface area contributed by atoms with Crippen molar-refractivity contribution in [3.63, 3.8) is 0 Å². The van der Waals surface area contributed by atoms with Crippen LogP contribution in [0, 0.1) is 41.9 Å². The third kappa shape index (κ3) is 12.8. The summed E-state index contributed by atoms with van der Waals surface area (Å²) in [6.07, 6.45) is 51.8. The molecule has 0 amide bonds. The molecule has 4 saturated carbocycles. The lowest BCUT2D eigenvalue weighted by Gasteiger charge is -2.37. The van der Waals surface area contributed by atoms with Crippen LogP contribution >= 0.6 is 0 Å². The molecule has 4 rings (SSSR count). The van der Waals surface area contributed by atoms with Crippen LogP contribution in [0.15, 0.2) is 0 Å². The van der Waals surface area contributed by atoms with Crippen LogP contribution in [0.5, 0.6) is 0 Å². The van der Waals surface area contributed by atoms with Gasteiger partial charge in [0.2, 0.25) is 0 Å². The first kappa shape index (κ1) is 31.9. The lowest BCUT2D eigenvalue weighted by Crippen LogP contribution is -2.26. The third-order valence-corrected chi connectivity index (χ3v) is 12.3. The summed E-state index contributed by atoms with van der Waals surface area (Å²) in [4.78, 5) is 0. The molecule has 4 aliphatic carbocycles. The maximum atomic E-state index is 2.93. The second kappa shape index (κ2) is 20.0. The first-order valence-electron chi connectivity index (χ1n) is 19.2. The molecule has 227 valence electrons. The normalized spacial score (nSPS) is 24.6. The molecular weight excluding hydrogens is 468 g/mol. The minimum absolute atomic E-state index is 0.934. The van der Waals surface area contributed by atoms with Crippen LogP contribution in [-0.2, 0) is 0 Å². The summed E-state index contributed by atoms with van der Waals surface area (Å²) in [6, 6.07) is 0. The highest BCUT2D eigenvalue weighted by atomic mass is 14.4. The Bertz CT molecular complexity index is 555. The van der Waals surface area contributed by atoms with E-state index in [1.54, 1.807) is 57.8 Å². The lowest BCUT2D eigenvalue weighted by atomic mass is 9.69. The Morgan fingerprint density at radius 2 is 0.821 bits per heavy atom. The fourth-order valence-corrected chi connectivity index (χ4v) is 9.83. The lowest BCUT2D eigenvalue weighted by molar-refractivity contribution is 0.164. The van der Waals surface area contributed by atoms with E-state index < -0.39 is 0 Å². The zero-order valence-corrected chi connectivity index (χ0v) is 26.7. The second-order valence-electron chi connectivity index (χ2n) is 15.3. The van der Waals surface area contributed by atoms with E-state index in [9.17, 15) is 0 Å². The van der Waals surface area contributed by atoms with E-state index >= 15 is 0 Å². The Balaban J connectivity index is 1.25. The number of unbranched alkanes of at least 4 members (excludes halogenated alkanes) is 4. The highest BCUT2D eigenvalue weighted by Crippen LogP contribution is 2.41. The summed E-state index contributed by atoms with van der Waals surface area (Å²) in [5, 5.41) is 0. The van der Waals surface area contributed by atoms with Crippen LogP contribution in [0.3, 0.4) is 0 Å². The van der Waals surface area contributed by atoms with Crippen LogP contribution in [0.25, 0.3) is 0 Å². The first-order chi connectivity index (χ1) is 19.4. The van der Waals surface area contributed by atoms with E-state index in [1.165, 1.54) is 148 Å². The van der Waals surface area contributed by atoms with Gasteiger partial charge in [-0.3, -0.25) is 0 Å². The van der Waals surface area contributed by atoms with Crippen molar-refractivity contribution in [1.29, 1.82) is 0 Å². The second-order valence-corrected chi connectivity index (χ2v) is 15.3. The van der Waals surface area contributed by atoms with Gasteiger partial charge in [0.15, 0.2) is 0 Å². The summed E-state index contributed by atoms with van der Waals surface area (Å²) < 4.78 is 0. The highest BCUT2D eigenvalue weighted by Gasteiger charge is 2.30. The van der Waals surface area contributed by atoms with Crippen molar-refractivity contribution in [2.45, 2.75) is 205 Å². The molecule has 0 aliphatic heterocycles. The molecule has 0 saturated heterocycles. The molecule has 0 bridgehead atoms. The van der Waals surface area contributed by atoms with Gasteiger partial charge in [-0.05, 0) is 61.2 Å². The minimum atomic E-state index is 0.934. The van der Waals surface area contributed by atoms with E-state index in [0.717, 1.165) is 35.5 Å². The molecule has 0 N–H and O–H groups in total. The molecule has 2 atom stereocenters. The Labute approximate surface area is 247 Å². The molecule has 0 aromatic carbocycles. The minimum Gasteiger partial charge on any atom is -0.0533 e. The quantitative estimate of drug-likeness (QED) is 0.152. The zero-order chi connectivity index (χ0) is 26.8. The number of hydrogen-bond donors (Lipinski definition) is 0. The summed E-state index contributed by atoms with van der Waals surface area (Å²) in [5.41, 5.74) is 0. The van der Waals surface area contributed by atoms with Crippen LogP contribution < -0.4 is 0 Å². The van der Waals surface area contributed by atoms with E-state index in [1.807, 2.05) is 0 Å². The maximum Gasteiger partial charge on any atom is -0.0352 e. The van der Waals surface area contributed by atoms with Gasteiger partial charge < -0.3 is 0 Å². The Hall–Kier alpha value is 0. The van der Waals surface area contributed by atoms with Gasteiger partial charge >= 0.3 is 0 Å². The number of hydrogen-bond acceptors (Lipinski definition) is 0. The molecule has 0 nitrogen and oxygen atoms in total. The average molecular weight is 540 g/mol. The molecule has 0 aromatic heterocycles. The predicted octanol–water partition coefficient (Wildman–Crippen LogP) is 13.4. The monoisotopic (exact) mass is 540 g/mol. The molecule has 1 radical (unpaired) electrons. The van der Waals surface area contributed by atoms with E-state index in [-0.39, 0.29) is 0 Å². The van der Waals surface area contributed by atoms with Crippen molar-refractivity contribution < 1.29 is 0 Å². The molecule has 4 fully saturated rings. The smallest absolute Gasteiger partial charge is 0.0352 e. The van der Waals surface area contributed by atoms with Crippen LogP contribution in [-0.4, -0.2) is 0 Å². The standard InChI is InChI=1S/C39H71/c1-6-20-34(21-7-1)26-12-4-13-29-38(32-18-16-27-35-22-8-2-9-23-35)39(37-30-14-5-15-31-37)33-19-17-28-36-24-10-3-11-25-36/h29,34-39H,1-28,30-33H2. The Morgan fingerprint density at radius 3 is 1.31 bits per heavy atom. The fourth-order valence-electron chi connectivity index (χ4n) is 9.83. The van der Waals surface area contributed by atoms with Gasteiger partial charge in [0.1, 0.15) is 0 Å². The fraction of sp³-hybridized carbons (Fsp3) is 0.974. The summed E-state index contributed by atoms with van der Waals surface area (Å²) in [6.45, 7) is 0. The SMILES string of the molecule is [CH](CCCCC1CCCCC1)C(CCCCC1CCCCC1)C(CCCCC1CCCCC1)C1CCCCC1. The van der Waals surface area contributed by atoms with Crippen LogP contribution in [0.2, 0.25) is 0 Å². The Kier molecular flexibility index (Phi) is 16.4. The van der Waals surface area contributed by atoms with Crippen molar-refractivity contribution >= 4 is 0 Å². The Morgan fingerprint density at radius 1 is 0.410 bits per heavy atom. The first-order valence-corrected chi connectivity index (χ1v) is 19.2. The summed E-state index contributed by atoms with van der Waals surface area (Å²) in [5.74, 6) is 6.24. The molecule has 0 heteroatoms. The molecule has 2 unspecified atom stereocenters. The molecule has 0 spiro atoms. The van der Waals surface area contributed by atoms with Crippen molar-refractivity contribution in [3.8, 4) is 0 Å². The molecular formula is C39H71. The van der Waals surface area contributed by atoms with Gasteiger partial charge in [0.05, 0.1) is 0 Å². The molecule has 0 aromatic rings. The topological polar surface area (TPSA) is 0 Å². The molecule has 4 aliphatic rings. The number of rotatable bonds is 18. The van der Waals surface area contributed by atoms with Crippen molar-refractivity contribution in [3.05, 3.63) is 6.42 Å². The van der Waals surface area contributed by atoms with Crippen molar-refractivity contribution in [1.82, 2.24) is 0 Å². The average Bonchev–Trinajstić information content (AvgIpc) is 3.00. The van der Waals surface area contributed by atoms with Gasteiger partial charge in [0.25, 0.3) is 0 Å². The van der Waals surface area contributed by atoms with Gasteiger partial charge in [-0.25, -0.2) is 0 Å². The van der Waals surface area contributed by atoms with Gasteiger partial charge in [-0.1, -0.05) is 186 Å². The summed E-state index contributed by atoms with van der Waals surface area (Å²) >= 11 is 0. The van der Waals surface area contributed by atoms with E-state index in [4.69, 9.17) is 0 Å². The zero-order valence-electron chi connectivity index (χ0n) is 26.7. The highest BCUT2D eigenvalue weighted by molar-refractivity contribution is 4.88. The maximum absolute atomic E-state index is 2.93. The third-order valence-electron chi connectivity index (χ3n) is 12.3. The van der Waals surface area contributed by atoms with Crippen molar-refractivity contribution in [2.24, 2.45) is 35.5 Å². The largest absolute Gasteiger partial charge is 0.0533 e. The van der Waals surface area contributed by atoms with E-state index in [0.29, 0.717) is 0 Å². The van der Waals surface area contributed by atoms with Gasteiger partial charge in [-0.2, -0.15) is 0 Å². The molecule has 39 heavy (non-hydrogen) atoms. The predicted molar refractivity (Wildman–Crippen MR) is 173 cm³/mol. The van der Waals surface area contributed by atoms with Gasteiger partial charge in [-0.15, -0.1) is 0 Å². The summed E-state index contributed by atoms with van der Waals surface area (Å²) in [7, 11) is 0. The molecule has 0 heterocycles. The van der Waals surface area contributed by atoms with E-state index in [2.05, 4.69) is 6.42 Å². The van der Waals surface area contributed by atoms with Crippen LogP contribution in [0.1, 0.15) is 205 Å². The van der Waals surface area contributed by atoms with Crippen molar-refractivity contribution in [2.75, 3.05) is 0 Å². The van der Waals surface area contributed by atoms with Crippen LogP contribution in [0.4, 0.5) is 0 Å². The van der Waals surface area contributed by atoms with Gasteiger partial charge in [0, 0.05) is 0 Å².